The van der Waals surface area contributed by atoms with E-state index in [1.54, 1.807) is 0 Å². The highest BCUT2D eigenvalue weighted by molar-refractivity contribution is 5.24. The highest BCUT2D eigenvalue weighted by Gasteiger charge is 2.29. The average Bonchev–Trinajstić information content (AvgIpc) is 2.34. The smallest absolute Gasteiger partial charge is 0.374 e. The number of allylic oxidation sites excluding steroid dienone is 1. The molecule has 4 heteroatoms. The fraction of sp³-hybridized carbons (Fsp3) is 0.429. The van der Waals surface area contributed by atoms with Crippen LogP contribution in [0.4, 0.5) is 13.2 Å². The second kappa shape index (κ2) is 6.47. The van der Waals surface area contributed by atoms with Crippen molar-refractivity contribution >= 4 is 0 Å². The molecule has 0 saturated heterocycles. The van der Waals surface area contributed by atoms with Gasteiger partial charge in [0.05, 0.1) is 5.56 Å². The van der Waals surface area contributed by atoms with Gasteiger partial charge in [0.2, 0.25) is 0 Å². The summed E-state index contributed by atoms with van der Waals surface area (Å²) in [6.45, 7) is 5.52. The molecule has 0 heterocycles. The Morgan fingerprint density at radius 1 is 1.11 bits per heavy atom. The Bertz CT molecular complexity index is 379. The Labute approximate surface area is 106 Å². The van der Waals surface area contributed by atoms with Crippen LogP contribution in [0.1, 0.15) is 31.4 Å². The molecule has 0 aliphatic rings. The van der Waals surface area contributed by atoms with Gasteiger partial charge in [-0.25, -0.2) is 0 Å². The molecule has 0 radical (unpaired) electrons. The van der Waals surface area contributed by atoms with E-state index in [0.717, 1.165) is 30.7 Å². The SMILES string of the molecule is CC/C=C/N(CC)Cc1ccc(C(F)(F)F)cc1. The lowest BCUT2D eigenvalue weighted by Crippen LogP contribution is -2.16. The first kappa shape index (κ1) is 14.6. The molecule has 1 aromatic rings. The molecule has 0 bridgehead atoms. The lowest BCUT2D eigenvalue weighted by molar-refractivity contribution is -0.137. The molecule has 1 aromatic carbocycles. The number of nitrogens with zero attached hydrogens (tertiary/aromatic N) is 1. The Balaban J connectivity index is 2.71. The largest absolute Gasteiger partial charge is 0.416 e. The van der Waals surface area contributed by atoms with E-state index in [0.29, 0.717) is 6.54 Å². The Kier molecular flexibility index (Phi) is 5.25. The summed E-state index contributed by atoms with van der Waals surface area (Å²) in [4.78, 5) is 2.06. The van der Waals surface area contributed by atoms with E-state index in [-0.39, 0.29) is 0 Å². The highest BCUT2D eigenvalue weighted by Crippen LogP contribution is 2.29. The van der Waals surface area contributed by atoms with E-state index in [9.17, 15) is 13.2 Å². The normalized spacial score (nSPS) is 12.1. The van der Waals surface area contributed by atoms with Gasteiger partial charge in [0, 0.05) is 13.1 Å². The van der Waals surface area contributed by atoms with Crippen LogP contribution in [0.25, 0.3) is 0 Å². The molecule has 1 nitrogen and oxygen atoms in total. The van der Waals surface area contributed by atoms with E-state index in [2.05, 4.69) is 4.90 Å². The third-order valence-electron chi connectivity index (χ3n) is 2.63. The first-order valence-electron chi connectivity index (χ1n) is 6.04. The number of halogens is 3. The average molecular weight is 257 g/mol. The standard InChI is InChI=1S/C14H18F3N/c1-3-5-10-18(4-2)11-12-6-8-13(9-7-12)14(15,16)17/h5-10H,3-4,11H2,1-2H3/b10-5+. The van der Waals surface area contributed by atoms with Gasteiger partial charge in [0.25, 0.3) is 0 Å². The van der Waals surface area contributed by atoms with Gasteiger partial charge in [-0.3, -0.25) is 0 Å². The van der Waals surface area contributed by atoms with E-state index in [1.807, 2.05) is 26.1 Å². The fourth-order valence-electron chi connectivity index (χ4n) is 1.56. The van der Waals surface area contributed by atoms with Crippen molar-refractivity contribution in [3.05, 3.63) is 47.7 Å². The molecule has 0 spiro atoms. The maximum atomic E-state index is 12.4. The van der Waals surface area contributed by atoms with Gasteiger partial charge in [0.15, 0.2) is 0 Å². The number of hydrogen-bond donors (Lipinski definition) is 0. The van der Waals surface area contributed by atoms with Crippen molar-refractivity contribution in [2.24, 2.45) is 0 Å². The topological polar surface area (TPSA) is 3.24 Å². The summed E-state index contributed by atoms with van der Waals surface area (Å²) in [5.41, 5.74) is 0.281. The molecule has 0 aliphatic carbocycles. The molecule has 100 valence electrons. The van der Waals surface area contributed by atoms with Crippen molar-refractivity contribution < 1.29 is 13.2 Å². The minimum atomic E-state index is -4.26. The highest BCUT2D eigenvalue weighted by atomic mass is 19.4. The molecule has 0 saturated carbocycles. The van der Waals surface area contributed by atoms with Gasteiger partial charge >= 0.3 is 6.18 Å². The molecule has 0 atom stereocenters. The molecule has 0 aliphatic heterocycles. The predicted molar refractivity (Wildman–Crippen MR) is 67.0 cm³/mol. The van der Waals surface area contributed by atoms with Crippen molar-refractivity contribution in [2.45, 2.75) is 33.0 Å². The summed E-state index contributed by atoms with van der Waals surface area (Å²) in [6.07, 6.45) is 0.708. The summed E-state index contributed by atoms with van der Waals surface area (Å²) >= 11 is 0. The van der Waals surface area contributed by atoms with Crippen LogP contribution in [0.5, 0.6) is 0 Å². The summed E-state index contributed by atoms with van der Waals surface area (Å²) < 4.78 is 37.2. The Hall–Kier alpha value is -1.45. The van der Waals surface area contributed by atoms with Crippen LogP contribution >= 0.6 is 0 Å². The maximum Gasteiger partial charge on any atom is 0.416 e. The molecule has 0 unspecified atom stereocenters. The van der Waals surface area contributed by atoms with Gasteiger partial charge in [0.1, 0.15) is 0 Å². The quantitative estimate of drug-likeness (QED) is 0.753. The zero-order valence-electron chi connectivity index (χ0n) is 10.7. The third-order valence-corrected chi connectivity index (χ3v) is 2.63. The molecule has 18 heavy (non-hydrogen) atoms. The van der Waals surface area contributed by atoms with E-state index in [4.69, 9.17) is 0 Å². The van der Waals surface area contributed by atoms with Crippen LogP contribution in [-0.2, 0) is 12.7 Å². The van der Waals surface area contributed by atoms with Crippen LogP contribution in [0, 0.1) is 0 Å². The van der Waals surface area contributed by atoms with Gasteiger partial charge in [-0.2, -0.15) is 13.2 Å². The Morgan fingerprint density at radius 2 is 1.72 bits per heavy atom. The van der Waals surface area contributed by atoms with Crippen LogP contribution in [0.15, 0.2) is 36.5 Å². The van der Waals surface area contributed by atoms with Crippen molar-refractivity contribution in [1.82, 2.24) is 4.90 Å². The van der Waals surface area contributed by atoms with Crippen molar-refractivity contribution in [1.29, 1.82) is 0 Å². The van der Waals surface area contributed by atoms with E-state index >= 15 is 0 Å². The number of alkyl halides is 3. The monoisotopic (exact) mass is 257 g/mol. The van der Waals surface area contributed by atoms with Crippen LogP contribution < -0.4 is 0 Å². The van der Waals surface area contributed by atoms with Crippen LogP contribution in [0.2, 0.25) is 0 Å². The maximum absolute atomic E-state index is 12.4. The van der Waals surface area contributed by atoms with E-state index < -0.39 is 11.7 Å². The third kappa shape index (κ3) is 4.43. The summed E-state index contributed by atoms with van der Waals surface area (Å²) in [6, 6.07) is 5.33. The first-order chi connectivity index (χ1) is 8.47. The molecule has 1 rings (SSSR count). The minimum Gasteiger partial charge on any atom is -0.374 e. The second-order valence-electron chi connectivity index (χ2n) is 4.05. The van der Waals surface area contributed by atoms with Crippen molar-refractivity contribution in [3.63, 3.8) is 0 Å². The summed E-state index contributed by atoms with van der Waals surface area (Å²) in [5, 5.41) is 0. The minimum absolute atomic E-state index is 0.599. The van der Waals surface area contributed by atoms with Gasteiger partial charge in [-0.05, 0) is 37.2 Å². The molecule has 0 aromatic heterocycles. The Morgan fingerprint density at radius 3 is 2.17 bits per heavy atom. The fourth-order valence-corrected chi connectivity index (χ4v) is 1.56. The van der Waals surface area contributed by atoms with Gasteiger partial charge in [-0.15, -0.1) is 0 Å². The zero-order chi connectivity index (χ0) is 13.6. The lowest BCUT2D eigenvalue weighted by atomic mass is 10.1. The first-order valence-corrected chi connectivity index (χ1v) is 6.04. The molecular weight excluding hydrogens is 239 g/mol. The van der Waals surface area contributed by atoms with E-state index in [1.165, 1.54) is 12.1 Å². The number of rotatable bonds is 5. The molecule has 0 amide bonds. The number of benzene rings is 1. The summed E-state index contributed by atoms with van der Waals surface area (Å²) in [5.74, 6) is 0. The molecule has 0 fully saturated rings. The van der Waals surface area contributed by atoms with Crippen molar-refractivity contribution in [3.8, 4) is 0 Å². The molecular formula is C14H18F3N. The predicted octanol–water partition coefficient (Wildman–Crippen LogP) is 4.45. The van der Waals surface area contributed by atoms with Crippen LogP contribution in [-0.4, -0.2) is 11.4 Å². The van der Waals surface area contributed by atoms with Crippen LogP contribution in [0.3, 0.4) is 0 Å². The number of hydrogen-bond acceptors (Lipinski definition) is 1. The summed E-state index contributed by atoms with van der Waals surface area (Å²) in [7, 11) is 0. The zero-order valence-corrected chi connectivity index (χ0v) is 10.7. The van der Waals surface area contributed by atoms with Crippen molar-refractivity contribution in [2.75, 3.05) is 6.54 Å². The molecule has 0 N–H and O–H groups in total. The second-order valence-corrected chi connectivity index (χ2v) is 4.05. The van der Waals surface area contributed by atoms with Gasteiger partial charge in [-0.1, -0.05) is 25.1 Å². The lowest BCUT2D eigenvalue weighted by Gasteiger charge is -2.18. The van der Waals surface area contributed by atoms with Gasteiger partial charge < -0.3 is 4.90 Å².